The van der Waals surface area contributed by atoms with E-state index in [0.29, 0.717) is 0 Å². The Labute approximate surface area is 60.9 Å². The molecule has 0 saturated carbocycles. The molecule has 0 aliphatic heterocycles. The Kier molecular flexibility index (Phi) is 3.59. The van der Waals surface area contributed by atoms with E-state index in [1.165, 1.54) is 0 Å². The summed E-state index contributed by atoms with van der Waals surface area (Å²) >= 11 is 0. The van der Waals surface area contributed by atoms with Gasteiger partial charge in [0.05, 0.1) is 6.33 Å². The summed E-state index contributed by atoms with van der Waals surface area (Å²) in [6, 6.07) is 0. The predicted octanol–water partition coefficient (Wildman–Crippen LogP) is 1.04. The van der Waals surface area contributed by atoms with Crippen LogP contribution in [0.15, 0.2) is 12.5 Å². The molecule has 1 aromatic heterocycles. The summed E-state index contributed by atoms with van der Waals surface area (Å²) in [7, 11) is 1.00. The molecule has 1 heterocycles. The number of imidazole rings is 1. The number of aliphatic hydroxyl groups excluding tert-OH is 1. The molecule has 0 aromatic carbocycles. The van der Waals surface area contributed by atoms with Crippen LogP contribution in [0.1, 0.15) is 5.69 Å². The summed E-state index contributed by atoms with van der Waals surface area (Å²) in [4.78, 5) is 5.21. The first kappa shape index (κ1) is 9.96. The SMILES string of the molecule is CO.FC(F)(F)c1c[nH]cn1. The summed E-state index contributed by atoms with van der Waals surface area (Å²) in [5, 5.41) is 7.00. The molecule has 0 fully saturated rings. The van der Waals surface area contributed by atoms with Gasteiger partial charge in [-0.2, -0.15) is 13.2 Å². The van der Waals surface area contributed by atoms with E-state index in [2.05, 4.69) is 9.97 Å². The molecule has 64 valence electrons. The van der Waals surface area contributed by atoms with E-state index in [1.54, 1.807) is 0 Å². The van der Waals surface area contributed by atoms with Gasteiger partial charge in [0, 0.05) is 13.3 Å². The second-order valence-corrected chi connectivity index (χ2v) is 1.45. The maximum absolute atomic E-state index is 11.5. The molecule has 0 bridgehead atoms. The van der Waals surface area contributed by atoms with Crippen molar-refractivity contribution in [2.45, 2.75) is 6.18 Å². The van der Waals surface area contributed by atoms with Gasteiger partial charge in [-0.05, 0) is 0 Å². The lowest BCUT2D eigenvalue weighted by Crippen LogP contribution is -2.04. The summed E-state index contributed by atoms with van der Waals surface area (Å²) in [5.74, 6) is 0. The van der Waals surface area contributed by atoms with Gasteiger partial charge in [-0.1, -0.05) is 0 Å². The normalized spacial score (nSPS) is 10.3. The van der Waals surface area contributed by atoms with Crippen LogP contribution < -0.4 is 0 Å². The third kappa shape index (κ3) is 3.03. The number of rotatable bonds is 0. The maximum Gasteiger partial charge on any atom is 0.434 e. The van der Waals surface area contributed by atoms with Crippen molar-refractivity contribution in [1.82, 2.24) is 9.97 Å². The Balaban J connectivity index is 0.000000461. The zero-order valence-corrected chi connectivity index (χ0v) is 5.68. The fraction of sp³-hybridized carbons (Fsp3) is 0.400. The van der Waals surface area contributed by atoms with Gasteiger partial charge in [0.15, 0.2) is 5.69 Å². The molecular formula is C5H7F3N2O. The zero-order chi connectivity index (χ0) is 8.91. The van der Waals surface area contributed by atoms with Crippen LogP contribution in [0.2, 0.25) is 0 Å². The van der Waals surface area contributed by atoms with Crippen molar-refractivity contribution in [2.75, 3.05) is 7.11 Å². The Morgan fingerprint density at radius 2 is 2.00 bits per heavy atom. The van der Waals surface area contributed by atoms with E-state index in [0.717, 1.165) is 19.6 Å². The molecule has 0 aliphatic rings. The highest BCUT2D eigenvalue weighted by Gasteiger charge is 2.32. The van der Waals surface area contributed by atoms with Gasteiger partial charge in [0.25, 0.3) is 0 Å². The number of nitrogens with one attached hydrogen (secondary N) is 1. The fourth-order valence-electron chi connectivity index (χ4n) is 0.415. The van der Waals surface area contributed by atoms with Gasteiger partial charge < -0.3 is 10.1 Å². The summed E-state index contributed by atoms with van der Waals surface area (Å²) in [6.07, 6.45) is -2.52. The average Bonchev–Trinajstić information content (AvgIpc) is 2.40. The number of aromatic amines is 1. The highest BCUT2D eigenvalue weighted by Crippen LogP contribution is 2.26. The lowest BCUT2D eigenvalue weighted by molar-refractivity contribution is -0.140. The molecule has 0 saturated heterocycles. The molecule has 1 rings (SSSR count). The number of H-pyrrole nitrogens is 1. The smallest absolute Gasteiger partial charge is 0.400 e. The zero-order valence-electron chi connectivity index (χ0n) is 5.68. The Bertz CT molecular complexity index is 182. The number of aromatic nitrogens is 2. The van der Waals surface area contributed by atoms with E-state index >= 15 is 0 Å². The van der Waals surface area contributed by atoms with E-state index in [4.69, 9.17) is 5.11 Å². The van der Waals surface area contributed by atoms with Crippen LogP contribution in [0.4, 0.5) is 13.2 Å². The van der Waals surface area contributed by atoms with Crippen LogP contribution in [-0.2, 0) is 6.18 Å². The summed E-state index contributed by atoms with van der Waals surface area (Å²) < 4.78 is 34.6. The molecular weight excluding hydrogens is 161 g/mol. The van der Waals surface area contributed by atoms with Crippen LogP contribution in [-0.4, -0.2) is 22.2 Å². The van der Waals surface area contributed by atoms with Crippen molar-refractivity contribution < 1.29 is 18.3 Å². The monoisotopic (exact) mass is 168 g/mol. The first-order valence-corrected chi connectivity index (χ1v) is 2.61. The van der Waals surface area contributed by atoms with Crippen molar-refractivity contribution in [3.63, 3.8) is 0 Å². The van der Waals surface area contributed by atoms with Crippen LogP contribution >= 0.6 is 0 Å². The maximum atomic E-state index is 11.5. The standard InChI is InChI=1S/C4H3F3N2.CH4O/c5-4(6,7)3-1-8-2-9-3;1-2/h1-2H,(H,8,9);2H,1H3. The van der Waals surface area contributed by atoms with Crippen LogP contribution in [0.5, 0.6) is 0 Å². The highest BCUT2D eigenvalue weighted by molar-refractivity contribution is 4.98. The molecule has 11 heavy (non-hydrogen) atoms. The van der Waals surface area contributed by atoms with Gasteiger partial charge in [-0.15, -0.1) is 0 Å². The summed E-state index contributed by atoms with van der Waals surface area (Å²) in [6.45, 7) is 0. The predicted molar refractivity (Wildman–Crippen MR) is 31.7 cm³/mol. The van der Waals surface area contributed by atoms with Crippen molar-refractivity contribution in [2.24, 2.45) is 0 Å². The number of hydrogen-bond acceptors (Lipinski definition) is 2. The van der Waals surface area contributed by atoms with E-state index < -0.39 is 11.9 Å². The van der Waals surface area contributed by atoms with Crippen molar-refractivity contribution in [3.8, 4) is 0 Å². The molecule has 6 heteroatoms. The van der Waals surface area contributed by atoms with E-state index in [1.807, 2.05) is 0 Å². The minimum Gasteiger partial charge on any atom is -0.400 e. The lowest BCUT2D eigenvalue weighted by atomic mass is 10.5. The van der Waals surface area contributed by atoms with Crippen molar-refractivity contribution in [1.29, 1.82) is 0 Å². The molecule has 2 N–H and O–H groups in total. The van der Waals surface area contributed by atoms with Gasteiger partial charge in [-0.3, -0.25) is 0 Å². The van der Waals surface area contributed by atoms with Crippen LogP contribution in [0.3, 0.4) is 0 Å². The van der Waals surface area contributed by atoms with Crippen molar-refractivity contribution in [3.05, 3.63) is 18.2 Å². The minimum absolute atomic E-state index is 0.806. The second-order valence-electron chi connectivity index (χ2n) is 1.45. The van der Waals surface area contributed by atoms with Gasteiger partial charge in [-0.25, -0.2) is 4.98 Å². The number of hydrogen-bond donors (Lipinski definition) is 2. The molecule has 0 amide bonds. The molecule has 3 nitrogen and oxygen atoms in total. The topological polar surface area (TPSA) is 48.9 Å². The number of alkyl halides is 3. The molecule has 0 spiro atoms. The molecule has 0 unspecified atom stereocenters. The lowest BCUT2D eigenvalue weighted by Gasteiger charge is -1.98. The van der Waals surface area contributed by atoms with E-state index in [9.17, 15) is 13.2 Å². The van der Waals surface area contributed by atoms with Gasteiger partial charge in [0.1, 0.15) is 0 Å². The van der Waals surface area contributed by atoms with E-state index in [-0.39, 0.29) is 0 Å². The minimum atomic E-state index is -4.32. The van der Waals surface area contributed by atoms with Gasteiger partial charge in [0.2, 0.25) is 0 Å². The Morgan fingerprint density at radius 1 is 1.45 bits per heavy atom. The molecule has 1 aromatic rings. The average molecular weight is 168 g/mol. The molecule has 0 aliphatic carbocycles. The number of halogens is 3. The largest absolute Gasteiger partial charge is 0.434 e. The molecule has 0 atom stereocenters. The quantitative estimate of drug-likeness (QED) is 0.608. The first-order valence-electron chi connectivity index (χ1n) is 2.61. The summed E-state index contributed by atoms with van der Waals surface area (Å²) in [5.41, 5.74) is -0.887. The van der Waals surface area contributed by atoms with Crippen LogP contribution in [0.25, 0.3) is 0 Å². The highest BCUT2D eigenvalue weighted by atomic mass is 19.4. The third-order valence-electron chi connectivity index (χ3n) is 0.789. The first-order chi connectivity index (χ1) is 5.11. The fourth-order valence-corrected chi connectivity index (χ4v) is 0.415. The third-order valence-corrected chi connectivity index (χ3v) is 0.789. The van der Waals surface area contributed by atoms with Gasteiger partial charge >= 0.3 is 6.18 Å². The van der Waals surface area contributed by atoms with Crippen LogP contribution in [0, 0.1) is 0 Å². The molecule has 0 radical (unpaired) electrons. The Morgan fingerprint density at radius 3 is 2.18 bits per heavy atom. The number of nitrogens with zero attached hydrogens (tertiary/aromatic N) is 1. The number of aliphatic hydroxyl groups is 1. The second kappa shape index (κ2) is 3.97. The van der Waals surface area contributed by atoms with Crippen molar-refractivity contribution >= 4 is 0 Å². The Hall–Kier alpha value is -1.04.